The van der Waals surface area contributed by atoms with Gasteiger partial charge in [0.05, 0.1) is 6.21 Å². The van der Waals surface area contributed by atoms with Gasteiger partial charge in [0.1, 0.15) is 0 Å². The van der Waals surface area contributed by atoms with Gasteiger partial charge < -0.3 is 0 Å². The van der Waals surface area contributed by atoms with Gasteiger partial charge in [0.25, 0.3) is 0 Å². The van der Waals surface area contributed by atoms with Crippen LogP contribution in [0.1, 0.15) is 0 Å². The molecule has 0 aromatic heterocycles. The van der Waals surface area contributed by atoms with Crippen molar-refractivity contribution in [2.24, 2.45) is 4.99 Å². The molecule has 2 rings (SSSR count). The number of hydrogen-bond acceptors (Lipinski definition) is 3. The number of Topliss-reactive ketones (excluding diaryl/α,β-unsaturated/α-hetero) is 1. The highest BCUT2D eigenvalue weighted by Crippen LogP contribution is 2.19. The molecule has 1 heterocycles. The molecular formula is C9H8Cl3NO2. The molecule has 0 amide bonds. The number of hydrogen-bond donors (Lipinski definition) is 0. The molecule has 15 heavy (non-hydrogen) atoms. The van der Waals surface area contributed by atoms with Crippen LogP contribution in [-0.4, -0.2) is 17.8 Å². The monoisotopic (exact) mass is 267 g/mol. The molecule has 0 fully saturated rings. The molecule has 2 aliphatic rings. The largest absolute Gasteiger partial charge is 0.290 e. The average Bonchev–Trinajstić information content (AvgIpc) is 2.07. The number of aliphatic imine (C=N–C) groups is 1. The second kappa shape index (κ2) is 6.56. The molecule has 82 valence electrons. The van der Waals surface area contributed by atoms with Gasteiger partial charge in [0.2, 0.25) is 5.78 Å². The number of rotatable bonds is 0. The first kappa shape index (κ1) is 16.5. The molecule has 0 N–H and O–H groups in total. The molecule has 0 saturated heterocycles. The van der Waals surface area contributed by atoms with E-state index < -0.39 is 0 Å². The van der Waals surface area contributed by atoms with E-state index in [4.69, 9.17) is 0 Å². The lowest BCUT2D eigenvalue weighted by atomic mass is 9.95. The molecular weight excluding hydrogens is 260 g/mol. The number of nitrogens with zero attached hydrogens (tertiary/aromatic N) is 1. The minimum absolute atomic E-state index is 0. The Morgan fingerprint density at radius 2 is 1.67 bits per heavy atom. The average molecular weight is 269 g/mol. The van der Waals surface area contributed by atoms with Gasteiger partial charge in [-0.3, -0.25) is 14.6 Å². The molecule has 0 spiro atoms. The summed E-state index contributed by atoms with van der Waals surface area (Å²) >= 11 is 0. The Balaban J connectivity index is 0. The summed E-state index contributed by atoms with van der Waals surface area (Å²) < 4.78 is 0. The van der Waals surface area contributed by atoms with E-state index in [9.17, 15) is 9.59 Å². The van der Waals surface area contributed by atoms with Crippen LogP contribution in [0.25, 0.3) is 0 Å². The van der Waals surface area contributed by atoms with Crippen molar-refractivity contribution in [3.05, 3.63) is 35.6 Å². The van der Waals surface area contributed by atoms with E-state index >= 15 is 0 Å². The highest BCUT2D eigenvalue weighted by Gasteiger charge is 2.17. The summed E-state index contributed by atoms with van der Waals surface area (Å²) in [5, 5.41) is 0. The summed E-state index contributed by atoms with van der Waals surface area (Å²) in [6.45, 7) is 0. The third-order valence-electron chi connectivity index (χ3n) is 1.70. The lowest BCUT2D eigenvalue weighted by molar-refractivity contribution is -0.112. The molecule has 1 aliphatic carbocycles. The fourth-order valence-electron chi connectivity index (χ4n) is 1.12. The summed E-state index contributed by atoms with van der Waals surface area (Å²) in [5.41, 5.74) is 1.15. The summed E-state index contributed by atoms with van der Waals surface area (Å²) in [5.74, 6) is -0.351. The quantitative estimate of drug-likeness (QED) is 0.673. The van der Waals surface area contributed by atoms with Crippen LogP contribution in [0.2, 0.25) is 0 Å². The van der Waals surface area contributed by atoms with Crippen LogP contribution in [-0.2, 0) is 9.59 Å². The van der Waals surface area contributed by atoms with Crippen LogP contribution in [0.15, 0.2) is 40.6 Å². The van der Waals surface area contributed by atoms with E-state index in [1.807, 2.05) is 0 Å². The zero-order chi connectivity index (χ0) is 8.55. The first-order valence-electron chi connectivity index (χ1n) is 3.49. The van der Waals surface area contributed by atoms with Gasteiger partial charge in [-0.15, -0.1) is 37.2 Å². The molecule has 6 heteroatoms. The zero-order valence-corrected chi connectivity index (χ0v) is 9.82. The zero-order valence-electron chi connectivity index (χ0n) is 7.38. The van der Waals surface area contributed by atoms with Crippen molar-refractivity contribution in [3.63, 3.8) is 0 Å². The van der Waals surface area contributed by atoms with Crippen molar-refractivity contribution in [1.29, 1.82) is 0 Å². The van der Waals surface area contributed by atoms with Crippen LogP contribution < -0.4 is 0 Å². The summed E-state index contributed by atoms with van der Waals surface area (Å²) in [6, 6.07) is 0. The Bertz CT molecular complexity index is 394. The predicted octanol–water partition coefficient (Wildman–Crippen LogP) is 1.85. The van der Waals surface area contributed by atoms with Crippen LogP contribution >= 0.6 is 37.2 Å². The standard InChI is InChI=1S/C9H5NO2.3ClH/c11-7-2-1-6-4-10-5-9(12)8(6)3-7;;;/h1-5H;3*1H. The van der Waals surface area contributed by atoms with Gasteiger partial charge in [-0.2, -0.15) is 0 Å². The molecule has 0 aromatic rings. The summed E-state index contributed by atoms with van der Waals surface area (Å²) in [6.07, 6.45) is 7.13. The van der Waals surface area contributed by atoms with E-state index in [0.717, 1.165) is 0 Å². The van der Waals surface area contributed by atoms with E-state index in [1.165, 1.54) is 18.4 Å². The summed E-state index contributed by atoms with van der Waals surface area (Å²) in [7, 11) is 0. The Kier molecular flexibility index (Phi) is 7.23. The molecule has 0 unspecified atom stereocenters. The minimum Gasteiger partial charge on any atom is -0.290 e. The van der Waals surface area contributed by atoms with Crippen molar-refractivity contribution >= 4 is 55.0 Å². The SMILES string of the molecule is Cl.Cl.Cl.O=C1C=CC2=CN=CC(=O)C2=C1. The molecule has 0 atom stereocenters. The van der Waals surface area contributed by atoms with Gasteiger partial charge in [-0.25, -0.2) is 0 Å². The third-order valence-corrected chi connectivity index (χ3v) is 1.70. The van der Waals surface area contributed by atoms with Gasteiger partial charge >= 0.3 is 0 Å². The van der Waals surface area contributed by atoms with Crippen molar-refractivity contribution in [1.82, 2.24) is 0 Å². The fraction of sp³-hybridized carbons (Fsp3) is 0. The van der Waals surface area contributed by atoms with E-state index in [0.29, 0.717) is 11.1 Å². The lowest BCUT2D eigenvalue weighted by Gasteiger charge is -2.09. The van der Waals surface area contributed by atoms with Gasteiger partial charge in [0, 0.05) is 17.3 Å². The van der Waals surface area contributed by atoms with E-state index in [2.05, 4.69) is 4.99 Å². The van der Waals surface area contributed by atoms with Gasteiger partial charge in [-0.05, 0) is 18.2 Å². The Morgan fingerprint density at radius 1 is 1.00 bits per heavy atom. The number of fused-ring (bicyclic) bond motifs is 1. The third kappa shape index (κ3) is 3.30. The lowest BCUT2D eigenvalue weighted by Crippen LogP contribution is -2.13. The Labute approximate surface area is 105 Å². The maximum atomic E-state index is 11.1. The maximum absolute atomic E-state index is 11.1. The van der Waals surface area contributed by atoms with Crippen LogP contribution in [0.5, 0.6) is 0 Å². The predicted molar refractivity (Wildman–Crippen MR) is 65.6 cm³/mol. The highest BCUT2D eigenvalue weighted by atomic mass is 35.5. The summed E-state index contributed by atoms with van der Waals surface area (Å²) in [4.78, 5) is 25.7. The molecule has 0 radical (unpaired) electrons. The fourth-order valence-corrected chi connectivity index (χ4v) is 1.12. The second-order valence-corrected chi connectivity index (χ2v) is 2.52. The Morgan fingerprint density at radius 3 is 2.33 bits per heavy atom. The van der Waals surface area contributed by atoms with Crippen molar-refractivity contribution in [3.8, 4) is 0 Å². The van der Waals surface area contributed by atoms with Crippen LogP contribution in [0, 0.1) is 0 Å². The van der Waals surface area contributed by atoms with Gasteiger partial charge in [-0.1, -0.05) is 0 Å². The number of carbonyl (C=O) groups is 2. The maximum Gasteiger partial charge on any atom is 0.204 e. The number of halogens is 3. The topological polar surface area (TPSA) is 46.5 Å². The van der Waals surface area contributed by atoms with Crippen LogP contribution in [0.4, 0.5) is 0 Å². The normalized spacial score (nSPS) is 16.3. The Hall–Kier alpha value is -0.900. The molecule has 1 aliphatic heterocycles. The first-order valence-corrected chi connectivity index (χ1v) is 3.49. The second-order valence-electron chi connectivity index (χ2n) is 2.52. The smallest absolute Gasteiger partial charge is 0.204 e. The molecule has 0 bridgehead atoms. The molecule has 0 saturated carbocycles. The van der Waals surface area contributed by atoms with Crippen molar-refractivity contribution in [2.75, 3.05) is 0 Å². The van der Waals surface area contributed by atoms with Crippen molar-refractivity contribution < 1.29 is 9.59 Å². The van der Waals surface area contributed by atoms with E-state index in [-0.39, 0.29) is 48.8 Å². The number of allylic oxidation sites excluding steroid dienone is 5. The van der Waals surface area contributed by atoms with E-state index in [1.54, 1.807) is 12.3 Å². The number of ketones is 2. The highest BCUT2D eigenvalue weighted by molar-refractivity contribution is 6.39. The van der Waals surface area contributed by atoms with Gasteiger partial charge in [0.15, 0.2) is 5.78 Å². The van der Waals surface area contributed by atoms with Crippen molar-refractivity contribution in [2.45, 2.75) is 0 Å². The first-order chi connectivity index (χ1) is 5.77. The number of carbonyl (C=O) groups excluding carboxylic acids is 2. The van der Waals surface area contributed by atoms with Crippen LogP contribution in [0.3, 0.4) is 0 Å². The molecule has 3 nitrogen and oxygen atoms in total. The minimum atomic E-state index is -0.204. The molecule has 0 aromatic carbocycles.